The van der Waals surface area contributed by atoms with E-state index in [1.54, 1.807) is 29.5 Å². The Labute approximate surface area is 140 Å². The summed E-state index contributed by atoms with van der Waals surface area (Å²) in [5, 5.41) is 6.49. The highest BCUT2D eigenvalue weighted by atomic mass is 79.9. The molecule has 2 aromatic rings. The van der Waals surface area contributed by atoms with Crippen LogP contribution in [0.3, 0.4) is 0 Å². The number of hydrogen-bond donors (Lipinski definition) is 1. The quantitative estimate of drug-likeness (QED) is 0.630. The number of esters is 1. The number of amides is 1. The van der Waals surface area contributed by atoms with E-state index < -0.39 is 5.97 Å². The van der Waals surface area contributed by atoms with Gasteiger partial charge in [0.2, 0.25) is 0 Å². The lowest BCUT2D eigenvalue weighted by Gasteiger charge is -2.07. The van der Waals surface area contributed by atoms with E-state index in [9.17, 15) is 9.59 Å². The van der Waals surface area contributed by atoms with Gasteiger partial charge in [0.05, 0.1) is 0 Å². The van der Waals surface area contributed by atoms with Crippen molar-refractivity contribution in [1.82, 2.24) is 0 Å². The Bertz CT molecular complexity index is 695. The molecule has 0 saturated heterocycles. The number of thiophene rings is 1. The third-order valence-electron chi connectivity index (χ3n) is 2.76. The molecule has 0 saturated carbocycles. The minimum Gasteiger partial charge on any atom is -0.452 e. The molecule has 0 unspecified atom stereocenters. The summed E-state index contributed by atoms with van der Waals surface area (Å²) in [5.41, 5.74) is 2.64. The first-order valence-electron chi connectivity index (χ1n) is 6.47. The predicted octanol–water partition coefficient (Wildman–Crippen LogP) is 4.01. The Morgan fingerprint density at radius 1 is 1.36 bits per heavy atom. The van der Waals surface area contributed by atoms with Crippen molar-refractivity contribution in [2.24, 2.45) is 0 Å². The van der Waals surface area contributed by atoms with Crippen molar-refractivity contribution < 1.29 is 14.3 Å². The van der Waals surface area contributed by atoms with Crippen molar-refractivity contribution in [3.63, 3.8) is 0 Å². The van der Waals surface area contributed by atoms with Gasteiger partial charge < -0.3 is 10.1 Å². The normalized spacial score (nSPS) is 10.6. The van der Waals surface area contributed by atoms with Crippen LogP contribution in [-0.2, 0) is 14.3 Å². The summed E-state index contributed by atoms with van der Waals surface area (Å²) in [6, 6.07) is 7.35. The van der Waals surface area contributed by atoms with Crippen molar-refractivity contribution in [2.75, 3.05) is 11.9 Å². The molecule has 1 amide bonds. The van der Waals surface area contributed by atoms with Gasteiger partial charge in [-0.3, -0.25) is 4.79 Å². The average molecular weight is 380 g/mol. The fourth-order valence-electron chi connectivity index (χ4n) is 1.59. The Kier molecular flexibility index (Phi) is 5.91. The number of ether oxygens (including phenoxy) is 1. The van der Waals surface area contributed by atoms with Gasteiger partial charge in [-0.15, -0.1) is 0 Å². The van der Waals surface area contributed by atoms with E-state index >= 15 is 0 Å². The van der Waals surface area contributed by atoms with Gasteiger partial charge in [-0.1, -0.05) is 22.0 Å². The molecule has 1 heterocycles. The van der Waals surface area contributed by atoms with Gasteiger partial charge in [-0.2, -0.15) is 11.3 Å². The van der Waals surface area contributed by atoms with Gasteiger partial charge in [0.15, 0.2) is 6.61 Å². The van der Waals surface area contributed by atoms with Crippen LogP contribution in [0.4, 0.5) is 5.69 Å². The van der Waals surface area contributed by atoms with Crippen molar-refractivity contribution >= 4 is 50.9 Å². The standard InChI is InChI=1S/C16H14BrNO3S/c1-11-2-4-13(8-14(11)17)18-15(19)9-21-16(20)5-3-12-6-7-22-10-12/h2-8,10H,9H2,1H3,(H,18,19)/b5-3+. The molecular weight excluding hydrogens is 366 g/mol. The number of carbonyl (C=O) groups excluding carboxylic acids is 2. The van der Waals surface area contributed by atoms with Crippen molar-refractivity contribution in [1.29, 1.82) is 0 Å². The maximum absolute atomic E-state index is 11.7. The van der Waals surface area contributed by atoms with Crippen LogP contribution < -0.4 is 5.32 Å². The molecule has 0 aliphatic carbocycles. The van der Waals surface area contributed by atoms with E-state index in [1.165, 1.54) is 6.08 Å². The van der Waals surface area contributed by atoms with Crippen molar-refractivity contribution in [3.8, 4) is 0 Å². The van der Waals surface area contributed by atoms with Crippen LogP contribution >= 0.6 is 27.3 Å². The lowest BCUT2D eigenvalue weighted by molar-refractivity contribution is -0.142. The monoisotopic (exact) mass is 379 g/mol. The number of anilines is 1. The number of hydrogen-bond acceptors (Lipinski definition) is 4. The Morgan fingerprint density at radius 2 is 2.18 bits per heavy atom. The van der Waals surface area contributed by atoms with Crippen LogP contribution in [0.1, 0.15) is 11.1 Å². The van der Waals surface area contributed by atoms with E-state index in [0.717, 1.165) is 15.6 Å². The molecule has 0 atom stereocenters. The zero-order valence-corrected chi connectivity index (χ0v) is 14.2. The van der Waals surface area contributed by atoms with Gasteiger partial charge >= 0.3 is 5.97 Å². The predicted molar refractivity (Wildman–Crippen MR) is 91.8 cm³/mol. The van der Waals surface area contributed by atoms with Gasteiger partial charge in [0.25, 0.3) is 5.91 Å². The van der Waals surface area contributed by atoms with Crippen LogP contribution in [-0.4, -0.2) is 18.5 Å². The maximum atomic E-state index is 11.7. The molecule has 0 bridgehead atoms. The van der Waals surface area contributed by atoms with Gasteiger partial charge in [-0.25, -0.2) is 4.79 Å². The van der Waals surface area contributed by atoms with Crippen LogP contribution in [0.15, 0.2) is 45.6 Å². The number of carbonyl (C=O) groups is 2. The Morgan fingerprint density at radius 3 is 2.86 bits per heavy atom. The van der Waals surface area contributed by atoms with E-state index in [4.69, 9.17) is 4.74 Å². The van der Waals surface area contributed by atoms with Gasteiger partial charge in [-0.05, 0) is 53.1 Å². The summed E-state index contributed by atoms with van der Waals surface area (Å²) in [6.45, 7) is 1.63. The summed E-state index contributed by atoms with van der Waals surface area (Å²) in [5.74, 6) is -0.931. The molecule has 0 aliphatic heterocycles. The molecule has 0 fully saturated rings. The molecule has 0 radical (unpaired) electrons. The van der Waals surface area contributed by atoms with E-state index in [1.807, 2.05) is 29.8 Å². The first-order valence-corrected chi connectivity index (χ1v) is 8.21. The third kappa shape index (κ3) is 5.13. The number of nitrogens with one attached hydrogen (secondary N) is 1. The minimum absolute atomic E-state index is 0.321. The number of aryl methyl sites for hydroxylation is 1. The highest BCUT2D eigenvalue weighted by Crippen LogP contribution is 2.20. The highest BCUT2D eigenvalue weighted by molar-refractivity contribution is 9.10. The zero-order valence-electron chi connectivity index (χ0n) is 11.8. The molecule has 1 aromatic heterocycles. The van der Waals surface area contributed by atoms with Crippen molar-refractivity contribution in [3.05, 3.63) is 56.7 Å². The second-order valence-corrected chi connectivity index (χ2v) is 6.14. The van der Waals surface area contributed by atoms with Crippen LogP contribution in [0.25, 0.3) is 6.08 Å². The Hall–Kier alpha value is -1.92. The summed E-state index contributed by atoms with van der Waals surface area (Å²) in [6.07, 6.45) is 2.95. The summed E-state index contributed by atoms with van der Waals surface area (Å²) in [7, 11) is 0. The smallest absolute Gasteiger partial charge is 0.331 e. The zero-order chi connectivity index (χ0) is 15.9. The largest absolute Gasteiger partial charge is 0.452 e. The van der Waals surface area contributed by atoms with Gasteiger partial charge in [0, 0.05) is 16.2 Å². The number of rotatable bonds is 5. The number of halogens is 1. The summed E-state index contributed by atoms with van der Waals surface area (Å²) in [4.78, 5) is 23.2. The summed E-state index contributed by atoms with van der Waals surface area (Å²) >= 11 is 4.93. The van der Waals surface area contributed by atoms with E-state index in [0.29, 0.717) is 5.69 Å². The second kappa shape index (κ2) is 7.91. The van der Waals surface area contributed by atoms with E-state index in [2.05, 4.69) is 21.2 Å². The van der Waals surface area contributed by atoms with Gasteiger partial charge in [0.1, 0.15) is 0 Å². The van der Waals surface area contributed by atoms with Crippen molar-refractivity contribution in [2.45, 2.75) is 6.92 Å². The molecule has 1 aromatic carbocycles. The molecule has 0 aliphatic rings. The Balaban J connectivity index is 1.79. The first-order chi connectivity index (χ1) is 10.5. The molecule has 114 valence electrons. The SMILES string of the molecule is Cc1ccc(NC(=O)COC(=O)/C=C/c2ccsc2)cc1Br. The lowest BCUT2D eigenvalue weighted by Crippen LogP contribution is -2.20. The highest BCUT2D eigenvalue weighted by Gasteiger charge is 2.06. The fourth-order valence-corrected chi connectivity index (χ4v) is 2.59. The maximum Gasteiger partial charge on any atom is 0.331 e. The number of benzene rings is 1. The molecule has 22 heavy (non-hydrogen) atoms. The fraction of sp³-hybridized carbons (Fsp3) is 0.125. The lowest BCUT2D eigenvalue weighted by atomic mass is 10.2. The van der Waals surface area contributed by atoms with E-state index in [-0.39, 0.29) is 12.5 Å². The second-order valence-electron chi connectivity index (χ2n) is 4.51. The molecule has 2 rings (SSSR count). The minimum atomic E-state index is -0.550. The molecular formula is C16H14BrNO3S. The van der Waals surface area contributed by atoms with Crippen LogP contribution in [0.5, 0.6) is 0 Å². The molecule has 0 spiro atoms. The van der Waals surface area contributed by atoms with Crippen LogP contribution in [0, 0.1) is 6.92 Å². The summed E-state index contributed by atoms with van der Waals surface area (Å²) < 4.78 is 5.79. The molecule has 4 nitrogen and oxygen atoms in total. The average Bonchev–Trinajstić information content (AvgIpc) is 3.00. The topological polar surface area (TPSA) is 55.4 Å². The van der Waals surface area contributed by atoms with Crippen LogP contribution in [0.2, 0.25) is 0 Å². The first kappa shape index (κ1) is 16.5. The third-order valence-corrected chi connectivity index (χ3v) is 4.31. The molecule has 1 N–H and O–H groups in total. The molecule has 6 heteroatoms.